The maximum atomic E-state index is 14.5. The number of carbonyl (C=O) groups excluding carboxylic acids is 3. The molecule has 3 aromatic rings. The molecule has 0 bridgehead atoms. The minimum Gasteiger partial charge on any atom is -0.403 e. The van der Waals surface area contributed by atoms with E-state index in [9.17, 15) is 36.3 Å². The fourth-order valence-corrected chi connectivity index (χ4v) is 4.17. The Balaban J connectivity index is 1.54. The van der Waals surface area contributed by atoms with Gasteiger partial charge in [0.2, 0.25) is 11.8 Å². The van der Waals surface area contributed by atoms with Gasteiger partial charge in [0.25, 0.3) is 0 Å². The lowest BCUT2D eigenvalue weighted by Gasteiger charge is -2.24. The number of fused-ring (bicyclic) bond motifs is 1. The van der Waals surface area contributed by atoms with Crippen LogP contribution in [0.5, 0.6) is 5.75 Å². The number of benzene rings is 2. The summed E-state index contributed by atoms with van der Waals surface area (Å²) in [6.07, 6.45) is -6.01. The fraction of sp³-hybridized carbons (Fsp3) is 0.261. The van der Waals surface area contributed by atoms with Gasteiger partial charge in [-0.1, -0.05) is 24.3 Å². The molecular weight excluding hydrogens is 491 g/mol. The molecule has 2 aromatic carbocycles. The molecule has 2 atom stereocenters. The normalized spacial score (nSPS) is 17.9. The number of anilines is 1. The first kappa shape index (κ1) is 24.9. The van der Waals surface area contributed by atoms with E-state index in [1.807, 2.05) is 0 Å². The molecule has 1 aromatic heterocycles. The summed E-state index contributed by atoms with van der Waals surface area (Å²) < 4.78 is 70.9. The highest BCUT2D eigenvalue weighted by molar-refractivity contribution is 5.99. The van der Waals surface area contributed by atoms with Crippen LogP contribution in [0.3, 0.4) is 0 Å². The maximum Gasteiger partial charge on any atom is 0.573 e. The molecule has 3 amide bonds. The first-order chi connectivity index (χ1) is 16.9. The molecule has 4 rings (SSSR count). The van der Waals surface area contributed by atoms with Gasteiger partial charge < -0.3 is 20.7 Å². The van der Waals surface area contributed by atoms with Crippen molar-refractivity contribution in [3.8, 4) is 5.75 Å². The number of nitrogens with one attached hydrogen (secondary N) is 1. The molecule has 8 nitrogen and oxygen atoms in total. The van der Waals surface area contributed by atoms with Crippen LogP contribution in [0, 0.1) is 5.82 Å². The number of nitrogens with two attached hydrogens (primary N) is 1. The van der Waals surface area contributed by atoms with E-state index < -0.39 is 60.2 Å². The molecule has 1 fully saturated rings. The van der Waals surface area contributed by atoms with Gasteiger partial charge >= 0.3 is 12.4 Å². The van der Waals surface area contributed by atoms with Crippen molar-refractivity contribution in [1.29, 1.82) is 0 Å². The number of aromatic nitrogens is 1. The van der Waals surface area contributed by atoms with Crippen LogP contribution < -0.4 is 15.8 Å². The van der Waals surface area contributed by atoms with Crippen LogP contribution in [-0.2, 0) is 16.0 Å². The van der Waals surface area contributed by atoms with E-state index in [0.29, 0.717) is 16.5 Å². The summed E-state index contributed by atoms with van der Waals surface area (Å²) >= 11 is 0. The molecular formula is C23H19F5N4O4. The lowest BCUT2D eigenvalue weighted by molar-refractivity contribution is -0.275. The SMILES string of the molecule is NC(=O)n1cc(CC(=O)N2CC(F)CC2C(=O)Nc2cccc(OC(F)(F)F)c2F)c2ccccc21. The summed E-state index contributed by atoms with van der Waals surface area (Å²) in [5.41, 5.74) is 5.63. The lowest BCUT2D eigenvalue weighted by atomic mass is 10.1. The number of para-hydroxylation sites is 1. The third kappa shape index (κ3) is 5.09. The first-order valence-electron chi connectivity index (χ1n) is 10.6. The number of likely N-dealkylation sites (tertiary alicyclic amines) is 1. The Labute approximate surface area is 200 Å². The largest absolute Gasteiger partial charge is 0.573 e. The van der Waals surface area contributed by atoms with E-state index in [2.05, 4.69) is 10.1 Å². The van der Waals surface area contributed by atoms with Crippen molar-refractivity contribution in [3.05, 3.63) is 60.0 Å². The zero-order chi connectivity index (χ0) is 26.2. The molecule has 0 spiro atoms. The highest BCUT2D eigenvalue weighted by atomic mass is 19.4. The van der Waals surface area contributed by atoms with E-state index in [0.717, 1.165) is 27.7 Å². The average molecular weight is 510 g/mol. The highest BCUT2D eigenvalue weighted by Crippen LogP contribution is 2.31. The number of rotatable bonds is 5. The van der Waals surface area contributed by atoms with Gasteiger partial charge in [-0.25, -0.2) is 13.6 Å². The van der Waals surface area contributed by atoms with Gasteiger partial charge in [0.05, 0.1) is 24.2 Å². The molecule has 0 aliphatic carbocycles. The minimum absolute atomic E-state index is 0.291. The van der Waals surface area contributed by atoms with E-state index >= 15 is 0 Å². The lowest BCUT2D eigenvalue weighted by Crippen LogP contribution is -2.44. The summed E-state index contributed by atoms with van der Waals surface area (Å²) in [5, 5.41) is 2.67. The number of alkyl halides is 4. The van der Waals surface area contributed by atoms with Crippen LogP contribution in [0.2, 0.25) is 0 Å². The number of halogens is 5. The number of ether oxygens (including phenoxy) is 1. The smallest absolute Gasteiger partial charge is 0.403 e. The fourth-order valence-electron chi connectivity index (χ4n) is 4.17. The molecule has 1 aliphatic rings. The summed E-state index contributed by atoms with van der Waals surface area (Å²) in [6.45, 7) is -0.412. The van der Waals surface area contributed by atoms with Gasteiger partial charge in [0.15, 0.2) is 11.6 Å². The molecule has 13 heteroatoms. The Morgan fingerprint density at radius 3 is 2.53 bits per heavy atom. The number of hydrogen-bond donors (Lipinski definition) is 2. The van der Waals surface area contributed by atoms with Crippen molar-refractivity contribution in [3.63, 3.8) is 0 Å². The Hall–Kier alpha value is -4.16. The maximum absolute atomic E-state index is 14.5. The second-order valence-electron chi connectivity index (χ2n) is 8.11. The molecule has 2 unspecified atom stereocenters. The van der Waals surface area contributed by atoms with Crippen LogP contribution in [0.4, 0.5) is 32.4 Å². The van der Waals surface area contributed by atoms with Gasteiger partial charge in [-0.3, -0.25) is 14.2 Å². The standard InChI is InChI=1S/C23H19F5N4O4/c24-13-9-17(21(34)30-15-5-3-7-18(20(15)25)36-23(26,27)28)31(11-13)19(33)8-12-10-32(22(29)35)16-6-2-1-4-14(12)16/h1-7,10,13,17H,8-9,11H2,(H2,29,35)(H,30,34). The van der Waals surface area contributed by atoms with Crippen molar-refractivity contribution in [2.24, 2.45) is 5.73 Å². The third-order valence-electron chi connectivity index (χ3n) is 5.69. The molecule has 2 heterocycles. The van der Waals surface area contributed by atoms with Crippen molar-refractivity contribution in [1.82, 2.24) is 9.47 Å². The Kier molecular flexibility index (Phi) is 6.57. The van der Waals surface area contributed by atoms with Crippen LogP contribution in [0.25, 0.3) is 10.9 Å². The summed E-state index contributed by atoms with van der Waals surface area (Å²) in [4.78, 5) is 38.6. The second kappa shape index (κ2) is 9.47. The molecule has 0 radical (unpaired) electrons. The predicted molar refractivity (Wildman–Crippen MR) is 117 cm³/mol. The van der Waals surface area contributed by atoms with Crippen molar-refractivity contribution >= 4 is 34.4 Å². The molecule has 0 saturated carbocycles. The van der Waals surface area contributed by atoms with Crippen LogP contribution in [0.1, 0.15) is 12.0 Å². The molecule has 36 heavy (non-hydrogen) atoms. The van der Waals surface area contributed by atoms with E-state index in [4.69, 9.17) is 5.73 Å². The zero-order valence-electron chi connectivity index (χ0n) is 18.4. The Bertz CT molecular complexity index is 1340. The van der Waals surface area contributed by atoms with Crippen molar-refractivity contribution in [2.75, 3.05) is 11.9 Å². The van der Waals surface area contributed by atoms with Gasteiger partial charge in [-0.05, 0) is 23.8 Å². The number of hydrogen-bond acceptors (Lipinski definition) is 4. The topological polar surface area (TPSA) is 107 Å². The monoisotopic (exact) mass is 510 g/mol. The van der Waals surface area contributed by atoms with Crippen LogP contribution in [-0.4, -0.2) is 52.4 Å². The third-order valence-corrected chi connectivity index (χ3v) is 5.69. The van der Waals surface area contributed by atoms with Gasteiger partial charge in [0.1, 0.15) is 12.2 Å². The minimum atomic E-state index is -5.16. The molecule has 3 N–H and O–H groups in total. The molecule has 190 valence electrons. The number of primary amides is 1. The number of nitrogens with zero attached hydrogens (tertiary/aromatic N) is 2. The summed E-state index contributed by atoms with van der Waals surface area (Å²) in [7, 11) is 0. The van der Waals surface area contributed by atoms with E-state index in [-0.39, 0.29) is 12.8 Å². The molecule has 1 aliphatic heterocycles. The van der Waals surface area contributed by atoms with Crippen molar-refractivity contribution in [2.45, 2.75) is 31.4 Å². The summed E-state index contributed by atoms with van der Waals surface area (Å²) in [6, 6.07) is 7.31. The van der Waals surface area contributed by atoms with Gasteiger partial charge in [-0.15, -0.1) is 13.2 Å². The Morgan fingerprint density at radius 1 is 1.11 bits per heavy atom. The van der Waals surface area contributed by atoms with Gasteiger partial charge in [-0.2, -0.15) is 0 Å². The zero-order valence-corrected chi connectivity index (χ0v) is 18.4. The average Bonchev–Trinajstić information content (AvgIpc) is 3.37. The molecule has 1 saturated heterocycles. The number of amides is 3. The Morgan fingerprint density at radius 2 is 1.83 bits per heavy atom. The summed E-state index contributed by atoms with van der Waals surface area (Å²) in [5.74, 6) is -4.26. The van der Waals surface area contributed by atoms with Crippen LogP contribution >= 0.6 is 0 Å². The quantitative estimate of drug-likeness (QED) is 0.511. The first-order valence-corrected chi connectivity index (χ1v) is 10.6. The number of carbonyl (C=O) groups is 3. The highest BCUT2D eigenvalue weighted by Gasteiger charge is 2.40. The van der Waals surface area contributed by atoms with E-state index in [1.165, 1.54) is 6.20 Å². The van der Waals surface area contributed by atoms with Gasteiger partial charge in [0, 0.05) is 18.0 Å². The van der Waals surface area contributed by atoms with E-state index in [1.54, 1.807) is 24.3 Å². The van der Waals surface area contributed by atoms with Crippen molar-refractivity contribution < 1.29 is 41.1 Å². The van der Waals surface area contributed by atoms with Crippen LogP contribution in [0.15, 0.2) is 48.7 Å². The second-order valence-corrected chi connectivity index (χ2v) is 8.11. The predicted octanol–water partition coefficient (Wildman–Crippen LogP) is 3.73.